The van der Waals surface area contributed by atoms with Gasteiger partial charge in [0.25, 0.3) is 0 Å². The molecule has 0 unspecified atom stereocenters. The van der Waals surface area contributed by atoms with Gasteiger partial charge in [-0.15, -0.1) is 0 Å². The molecule has 0 aliphatic carbocycles. The standard InChI is InChI=1S/C19H14FIN7O4/c1-10-3-13(7-22)25-28(10)17-6-12(4-15(20)18(17)11(2)29)24-19-16(21-9-27(31)32)5-14(26-30)8-23-19/h3-6,8H,9H2,1-2H3,(H,23,24,29,30)/q-1/p+1. The molecule has 2 N–H and O–H groups in total. The topological polar surface area (TPSA) is 158 Å². The van der Waals surface area contributed by atoms with Gasteiger partial charge in [0.1, 0.15) is 0 Å². The monoisotopic (exact) mass is 551 g/mol. The Morgan fingerprint density at radius 1 is 1.44 bits per heavy atom. The molecule has 13 heteroatoms. The Balaban J connectivity index is 2.10. The molecule has 164 valence electrons. The Morgan fingerprint density at radius 2 is 2.19 bits per heavy atom. The van der Waals surface area contributed by atoms with Crippen molar-refractivity contribution in [2.75, 3.05) is 9.87 Å². The van der Waals surface area contributed by atoms with E-state index in [-0.39, 0.29) is 38.7 Å². The summed E-state index contributed by atoms with van der Waals surface area (Å²) in [5.74, 6) is -1.09. The molecule has 0 saturated heterocycles. The van der Waals surface area contributed by atoms with Crippen LogP contribution in [0, 0.1) is 42.7 Å². The van der Waals surface area contributed by atoms with Crippen LogP contribution in [0.2, 0.25) is 0 Å². The summed E-state index contributed by atoms with van der Waals surface area (Å²) < 4.78 is 16.5. The average molecular weight is 551 g/mol. The van der Waals surface area contributed by atoms with Gasteiger partial charge in [-0.1, -0.05) is 0 Å². The van der Waals surface area contributed by atoms with Gasteiger partial charge in [-0.25, -0.2) is 0 Å². The van der Waals surface area contributed by atoms with Crippen molar-refractivity contribution in [1.82, 2.24) is 10.1 Å². The van der Waals surface area contributed by atoms with E-state index >= 15 is 0 Å². The van der Waals surface area contributed by atoms with Gasteiger partial charge in [-0.05, 0) is 0 Å². The number of halogens is 2. The number of Topliss-reactive ketones (excluding diaryl/α,β-unsaturated/α-hetero) is 1. The Kier molecular flexibility index (Phi) is 6.83. The fourth-order valence-electron chi connectivity index (χ4n) is 2.93. The van der Waals surface area contributed by atoms with Crippen LogP contribution in [-0.2, 0) is 0 Å². The Labute approximate surface area is 190 Å². The van der Waals surface area contributed by atoms with Crippen molar-refractivity contribution in [3.63, 3.8) is 0 Å². The van der Waals surface area contributed by atoms with Crippen molar-refractivity contribution in [1.29, 1.82) is 5.26 Å². The minimum atomic E-state index is -1.16. The number of aryl methyl sites for hydroxylation is 1. The molecule has 0 fully saturated rings. The molecule has 0 radical (unpaired) electrons. The predicted octanol–water partition coefficient (Wildman–Crippen LogP) is -0.157. The normalized spacial score (nSPS) is 10.6. The molecule has 0 aliphatic heterocycles. The van der Waals surface area contributed by atoms with Crippen LogP contribution in [0.1, 0.15) is 28.7 Å². The molecule has 0 spiro atoms. The maximum absolute atomic E-state index is 14.9. The molecule has 11 nitrogen and oxygen atoms in total. The zero-order chi connectivity index (χ0) is 23.4. The van der Waals surface area contributed by atoms with Crippen molar-refractivity contribution in [3.05, 3.63) is 71.8 Å². The molecule has 0 bridgehead atoms. The second-order valence-electron chi connectivity index (χ2n) is 6.49. The van der Waals surface area contributed by atoms with Crippen LogP contribution in [0.5, 0.6) is 0 Å². The number of hydrogen-bond donors (Lipinski definition) is 2. The summed E-state index contributed by atoms with van der Waals surface area (Å²) in [4.78, 5) is 37.4. The second kappa shape index (κ2) is 9.56. The van der Waals surface area contributed by atoms with E-state index in [0.717, 1.165) is 6.07 Å². The molecular formula is C19H15FIN7O4. The van der Waals surface area contributed by atoms with Crippen molar-refractivity contribution in [2.24, 2.45) is 5.18 Å². The number of aromatic amines is 1. The number of hydrogen-bond acceptors (Lipinski definition) is 8. The first-order valence-corrected chi connectivity index (χ1v) is 11.5. The molecule has 2 aromatic heterocycles. The van der Waals surface area contributed by atoms with Gasteiger partial charge in [0.05, 0.1) is 0 Å². The number of anilines is 2. The van der Waals surface area contributed by atoms with E-state index in [2.05, 4.69) is 20.6 Å². The second-order valence-corrected chi connectivity index (χ2v) is 9.10. The van der Waals surface area contributed by atoms with E-state index in [0.29, 0.717) is 9.26 Å². The molecule has 0 amide bonds. The zero-order valence-electron chi connectivity index (χ0n) is 16.7. The number of carbonyl (C=O) groups excluding carboxylic acids is 1. The summed E-state index contributed by atoms with van der Waals surface area (Å²) >= 11 is -1.16. The Bertz CT molecular complexity index is 1290. The number of nitro groups is 1. The third-order valence-electron chi connectivity index (χ3n) is 4.22. The number of rotatable bonds is 8. The minimum absolute atomic E-state index is 0.0222. The van der Waals surface area contributed by atoms with Gasteiger partial charge in [0.15, 0.2) is 0 Å². The molecule has 0 saturated carbocycles. The number of alkyl halides is 1. The first-order valence-electron chi connectivity index (χ1n) is 8.91. The van der Waals surface area contributed by atoms with Crippen LogP contribution >= 0.6 is 0 Å². The van der Waals surface area contributed by atoms with Crippen molar-refractivity contribution in [3.8, 4) is 11.8 Å². The van der Waals surface area contributed by atoms with Gasteiger partial charge in [-0.2, -0.15) is 0 Å². The van der Waals surface area contributed by atoms with Gasteiger partial charge in [0.2, 0.25) is 0 Å². The van der Waals surface area contributed by atoms with Crippen LogP contribution in [0.3, 0.4) is 0 Å². The van der Waals surface area contributed by atoms with Crippen LogP contribution < -0.4 is 31.2 Å². The third-order valence-corrected chi connectivity index (χ3v) is 6.76. The molecule has 3 rings (SSSR count). The van der Waals surface area contributed by atoms with E-state index in [4.69, 9.17) is 5.26 Å². The predicted molar refractivity (Wildman–Crippen MR) is 105 cm³/mol. The van der Waals surface area contributed by atoms with Crippen molar-refractivity contribution < 1.29 is 40.0 Å². The van der Waals surface area contributed by atoms with E-state index in [9.17, 15) is 24.2 Å². The number of nitroso groups, excluding NO2 is 1. The first-order chi connectivity index (χ1) is 15.2. The third kappa shape index (κ3) is 4.91. The molecule has 0 atom stereocenters. The fraction of sp³-hybridized carbons (Fsp3) is 0.158. The summed E-state index contributed by atoms with van der Waals surface area (Å²) in [6.07, 6.45) is 1.19. The van der Waals surface area contributed by atoms with Gasteiger partial charge >= 0.3 is 191 Å². The summed E-state index contributed by atoms with van der Waals surface area (Å²) in [6, 6.07) is 7.51. The summed E-state index contributed by atoms with van der Waals surface area (Å²) in [7, 11) is 0. The van der Waals surface area contributed by atoms with Crippen LogP contribution in [-0.4, -0.2) is 25.3 Å². The van der Waals surface area contributed by atoms with Crippen molar-refractivity contribution in [2.45, 2.75) is 13.8 Å². The van der Waals surface area contributed by atoms with E-state index < -0.39 is 37.7 Å². The number of ketones is 1. The fourth-order valence-corrected chi connectivity index (χ4v) is 4.75. The van der Waals surface area contributed by atoms with Gasteiger partial charge in [-0.3, -0.25) is 0 Å². The number of H-pyrrole nitrogens is 1. The van der Waals surface area contributed by atoms with Crippen LogP contribution in [0.4, 0.5) is 21.6 Å². The summed E-state index contributed by atoms with van der Waals surface area (Å²) in [5.41, 5.74) is 1.03. The number of nitrogens with one attached hydrogen (secondary N) is 2. The molecule has 3 aromatic rings. The SMILES string of the molecule is CC(=O)c1c(F)cc(Nc2ncc(N=O)cc2[I-]C[N+](=O)[O-])cc1-[n+]1[nH]c(C#N)cc1C. The maximum atomic E-state index is 14.9. The number of carbonyl (C=O) groups is 1. The molecular weight excluding hydrogens is 536 g/mol. The number of nitriles is 1. The number of nitrogens with zero attached hydrogens (tertiary/aromatic N) is 5. The number of benzene rings is 1. The number of aromatic nitrogens is 3. The van der Waals surface area contributed by atoms with Crippen molar-refractivity contribution >= 4 is 23.0 Å². The number of pyridine rings is 1. The molecule has 2 heterocycles. The Hall–Kier alpha value is -3.80. The van der Waals surface area contributed by atoms with Gasteiger partial charge in [0, 0.05) is 0 Å². The Morgan fingerprint density at radius 3 is 2.78 bits per heavy atom. The first kappa shape index (κ1) is 22.9. The molecule has 1 aromatic carbocycles. The summed E-state index contributed by atoms with van der Waals surface area (Å²) in [5, 5.41) is 28.4. The zero-order valence-corrected chi connectivity index (χ0v) is 18.9. The van der Waals surface area contributed by atoms with Crippen LogP contribution in [0.25, 0.3) is 5.69 Å². The quantitative estimate of drug-likeness (QED) is 0.0576. The van der Waals surface area contributed by atoms with Crippen LogP contribution in [0.15, 0.2) is 35.6 Å². The van der Waals surface area contributed by atoms with E-state index in [1.54, 1.807) is 13.0 Å². The van der Waals surface area contributed by atoms with E-state index in [1.165, 1.54) is 29.9 Å². The summed E-state index contributed by atoms with van der Waals surface area (Å²) in [6.45, 7) is 2.91. The molecule has 32 heavy (non-hydrogen) atoms. The molecule has 0 aliphatic rings. The van der Waals surface area contributed by atoms with E-state index in [1.807, 2.05) is 6.07 Å². The average Bonchev–Trinajstić information content (AvgIpc) is 3.12. The van der Waals surface area contributed by atoms with Gasteiger partial charge < -0.3 is 0 Å².